The van der Waals surface area contributed by atoms with Crippen LogP contribution >= 0.6 is 0 Å². The van der Waals surface area contributed by atoms with Crippen molar-refractivity contribution in [1.82, 2.24) is 0 Å². The Morgan fingerprint density at radius 2 is 1.29 bits per heavy atom. The normalized spacial score (nSPS) is 11.0. The van der Waals surface area contributed by atoms with E-state index < -0.39 is 0 Å². The summed E-state index contributed by atoms with van der Waals surface area (Å²) in [6, 6.07) is 9.11. The van der Waals surface area contributed by atoms with Crippen molar-refractivity contribution in [1.29, 1.82) is 0 Å². The van der Waals surface area contributed by atoms with Crippen LogP contribution in [-0.2, 0) is 6.42 Å². The number of hydrogen-bond acceptors (Lipinski definition) is 0. The third kappa shape index (κ3) is 30.9. The fraction of sp³-hybridized carbons (Fsp3) is 0.737. The van der Waals surface area contributed by atoms with Crippen LogP contribution in [0.25, 0.3) is 0 Å². The molecule has 1 aromatic carbocycles. The van der Waals surface area contributed by atoms with Gasteiger partial charge < -0.3 is 0 Å². The number of rotatable bonds is 11. The molecule has 0 heterocycles. The molecule has 38 heavy (non-hydrogen) atoms. The lowest BCUT2D eigenvalue weighted by Gasteiger charge is -2.21. The molecule has 0 bridgehead atoms. The van der Waals surface area contributed by atoms with Crippen molar-refractivity contribution >= 4 is 0 Å². The predicted octanol–water partition coefficient (Wildman–Crippen LogP) is 15.4. The zero-order valence-corrected chi connectivity index (χ0v) is 21.9. The second-order valence-corrected chi connectivity index (χ2v) is 10.4. The van der Waals surface area contributed by atoms with E-state index in [0.29, 0.717) is 17.3 Å². The maximum atomic E-state index is 4.18. The molecule has 0 spiro atoms. The summed E-state index contributed by atoms with van der Waals surface area (Å²) in [6.45, 7) is 24.6. The van der Waals surface area contributed by atoms with Crippen LogP contribution in [0, 0.1) is 11.3 Å². The molecule has 0 heteroatoms. The average Bonchev–Trinajstić information content (AvgIpc) is 2.71. The van der Waals surface area contributed by atoms with Crippen LogP contribution in [0.4, 0.5) is 0 Å². The zero-order chi connectivity index (χ0) is 23.2. The molecule has 1 aromatic rings. The van der Waals surface area contributed by atoms with Gasteiger partial charge in [-0.15, -0.1) is 0 Å². The standard InChI is InChI=1S/C17H26.C13H26.8CH4/c1-5-14(3)8-7-9-15(4)17-12-10-16(6-2)11-13-17;1-7-8-11(2)12(3)9-10-13(4,5)6;;;;;;;;/h8,10-13,15H,5-7,9H2,1-4H3;11H,3,7-10H2,1-2,4-6H3;8*1H4. The minimum atomic E-state index is 0. The largest absolute Gasteiger partial charge is 0.0996 e. The summed E-state index contributed by atoms with van der Waals surface area (Å²) in [5.41, 5.74) is 6.32. The maximum Gasteiger partial charge on any atom is -0.0187 e. The molecule has 236 valence electrons. The Bertz CT molecular complexity index is 594. The Labute approximate surface area is 249 Å². The van der Waals surface area contributed by atoms with Gasteiger partial charge in [0.1, 0.15) is 0 Å². The van der Waals surface area contributed by atoms with Crippen molar-refractivity contribution in [2.24, 2.45) is 11.3 Å². The van der Waals surface area contributed by atoms with E-state index in [2.05, 4.69) is 99.2 Å². The summed E-state index contributed by atoms with van der Waals surface area (Å²) >= 11 is 0. The molecule has 0 aliphatic rings. The summed E-state index contributed by atoms with van der Waals surface area (Å²) in [5.74, 6) is 1.38. The molecule has 0 aromatic heterocycles. The first-order valence-electron chi connectivity index (χ1n) is 12.5. The van der Waals surface area contributed by atoms with Crippen molar-refractivity contribution in [2.75, 3.05) is 0 Å². The highest BCUT2D eigenvalue weighted by Crippen LogP contribution is 2.27. The topological polar surface area (TPSA) is 0 Å². The molecule has 0 saturated carbocycles. The van der Waals surface area contributed by atoms with Gasteiger partial charge in [-0.2, -0.15) is 0 Å². The van der Waals surface area contributed by atoms with Gasteiger partial charge in [0.2, 0.25) is 0 Å². The molecule has 2 unspecified atom stereocenters. The molecule has 0 aliphatic carbocycles. The molecule has 0 amide bonds. The first kappa shape index (κ1) is 61.0. The van der Waals surface area contributed by atoms with Gasteiger partial charge in [-0.25, -0.2) is 0 Å². The van der Waals surface area contributed by atoms with E-state index >= 15 is 0 Å². The van der Waals surface area contributed by atoms with Gasteiger partial charge in [0, 0.05) is 0 Å². The zero-order valence-electron chi connectivity index (χ0n) is 21.9. The van der Waals surface area contributed by atoms with E-state index in [1.165, 1.54) is 67.2 Å². The average molecular weight is 541 g/mol. The van der Waals surface area contributed by atoms with Crippen LogP contribution in [-0.4, -0.2) is 0 Å². The monoisotopic (exact) mass is 541 g/mol. The van der Waals surface area contributed by atoms with E-state index in [-0.39, 0.29) is 59.4 Å². The summed E-state index contributed by atoms with van der Waals surface area (Å²) in [7, 11) is 0. The number of aryl methyl sites for hydroxylation is 1. The summed E-state index contributed by atoms with van der Waals surface area (Å²) < 4.78 is 0. The van der Waals surface area contributed by atoms with Crippen LogP contribution in [0.2, 0.25) is 0 Å². The SMILES string of the molecule is C.C.C.C.C.C.C.C.C=C(CCC(C)(C)C)C(C)CCC.CCC(C)=CCCC(C)c1ccc(CC)cc1. The predicted molar refractivity (Wildman–Crippen MR) is 193 cm³/mol. The second-order valence-electron chi connectivity index (χ2n) is 10.4. The highest BCUT2D eigenvalue weighted by molar-refractivity contribution is 5.25. The molecule has 0 saturated heterocycles. The van der Waals surface area contributed by atoms with E-state index in [9.17, 15) is 0 Å². The maximum absolute atomic E-state index is 4.18. The van der Waals surface area contributed by atoms with Crippen molar-refractivity contribution in [3.05, 3.63) is 59.2 Å². The Morgan fingerprint density at radius 3 is 1.66 bits per heavy atom. The van der Waals surface area contributed by atoms with E-state index in [1.54, 1.807) is 0 Å². The van der Waals surface area contributed by atoms with Gasteiger partial charge in [0.05, 0.1) is 0 Å². The highest BCUT2D eigenvalue weighted by atomic mass is 14.2. The van der Waals surface area contributed by atoms with E-state index in [1.807, 2.05) is 0 Å². The Kier molecular flexibility index (Phi) is 54.1. The van der Waals surface area contributed by atoms with Gasteiger partial charge in [-0.3, -0.25) is 0 Å². The second kappa shape index (κ2) is 33.7. The molecule has 0 radical (unpaired) electrons. The molecule has 0 fully saturated rings. The summed E-state index contributed by atoms with van der Waals surface area (Å²) in [6.07, 6.45) is 12.2. The van der Waals surface area contributed by atoms with Crippen molar-refractivity contribution in [3.8, 4) is 0 Å². The number of hydrogen-bond donors (Lipinski definition) is 0. The quantitative estimate of drug-likeness (QED) is 0.245. The third-order valence-electron chi connectivity index (χ3n) is 6.22. The van der Waals surface area contributed by atoms with Crippen molar-refractivity contribution in [2.45, 2.75) is 179 Å². The smallest absolute Gasteiger partial charge is 0.0187 e. The first-order valence-corrected chi connectivity index (χ1v) is 12.5. The van der Waals surface area contributed by atoms with Gasteiger partial charge in [0.15, 0.2) is 0 Å². The number of allylic oxidation sites excluding steroid dienone is 3. The Hall–Kier alpha value is -1.30. The fourth-order valence-electron chi connectivity index (χ4n) is 3.39. The molecule has 2 atom stereocenters. The molecule has 1 rings (SSSR count). The lowest BCUT2D eigenvalue weighted by atomic mass is 9.85. The van der Waals surface area contributed by atoms with Gasteiger partial charge >= 0.3 is 0 Å². The van der Waals surface area contributed by atoms with Crippen LogP contribution in [0.1, 0.15) is 184 Å². The third-order valence-corrected chi connectivity index (χ3v) is 6.22. The Balaban J connectivity index is -0.0000000534. The van der Waals surface area contributed by atoms with Gasteiger partial charge in [0.25, 0.3) is 0 Å². The summed E-state index contributed by atoms with van der Waals surface area (Å²) in [5, 5.41) is 0. The lowest BCUT2D eigenvalue weighted by molar-refractivity contribution is 0.370. The molecule has 0 aliphatic heterocycles. The van der Waals surface area contributed by atoms with Crippen molar-refractivity contribution < 1.29 is 0 Å². The highest BCUT2D eigenvalue weighted by Gasteiger charge is 2.12. The molecule has 0 nitrogen and oxygen atoms in total. The minimum absolute atomic E-state index is 0. The molecular weight excluding hydrogens is 456 g/mol. The van der Waals surface area contributed by atoms with E-state index in [4.69, 9.17) is 0 Å². The van der Waals surface area contributed by atoms with Gasteiger partial charge in [-0.1, -0.05) is 169 Å². The van der Waals surface area contributed by atoms with Crippen LogP contribution in [0.5, 0.6) is 0 Å². The summed E-state index contributed by atoms with van der Waals surface area (Å²) in [4.78, 5) is 0. The van der Waals surface area contributed by atoms with Crippen molar-refractivity contribution in [3.63, 3.8) is 0 Å². The molecular formula is C38H84. The molecule has 0 N–H and O–H groups in total. The van der Waals surface area contributed by atoms with Crippen LogP contribution < -0.4 is 0 Å². The minimum Gasteiger partial charge on any atom is -0.0996 e. The lowest BCUT2D eigenvalue weighted by Crippen LogP contribution is -2.07. The van der Waals surface area contributed by atoms with Gasteiger partial charge in [-0.05, 0) is 80.2 Å². The first-order chi connectivity index (χ1) is 14.0. The Morgan fingerprint density at radius 1 is 0.816 bits per heavy atom. The fourth-order valence-corrected chi connectivity index (χ4v) is 3.39. The van der Waals surface area contributed by atoms with E-state index in [0.717, 1.165) is 6.42 Å². The van der Waals surface area contributed by atoms with Crippen LogP contribution in [0.15, 0.2) is 48.1 Å². The van der Waals surface area contributed by atoms with Crippen LogP contribution in [0.3, 0.4) is 0 Å². The number of benzene rings is 1.